The van der Waals surface area contributed by atoms with Gasteiger partial charge >= 0.3 is 6.18 Å². The highest BCUT2D eigenvalue weighted by Crippen LogP contribution is 2.45. The van der Waals surface area contributed by atoms with E-state index >= 15 is 4.39 Å². The Kier molecular flexibility index (Phi) is 6.88. The van der Waals surface area contributed by atoms with Gasteiger partial charge in [-0.15, -0.1) is 10.2 Å². The van der Waals surface area contributed by atoms with Crippen LogP contribution >= 0.6 is 24.0 Å². The van der Waals surface area contributed by atoms with Crippen LogP contribution in [0.4, 0.5) is 28.9 Å². The highest BCUT2D eigenvalue weighted by atomic mass is 32.2. The first kappa shape index (κ1) is 27.3. The van der Waals surface area contributed by atoms with Crippen molar-refractivity contribution in [3.63, 3.8) is 0 Å². The number of nitrogens with one attached hydrogen (secondary N) is 1. The lowest BCUT2D eigenvalue weighted by molar-refractivity contribution is -0.137. The second-order valence-corrected chi connectivity index (χ2v) is 10.6. The van der Waals surface area contributed by atoms with Crippen LogP contribution in [0.3, 0.4) is 0 Å². The van der Waals surface area contributed by atoms with Crippen LogP contribution < -0.4 is 5.32 Å². The first-order valence-electron chi connectivity index (χ1n) is 11.5. The number of aryl methyl sites for hydroxylation is 2. The lowest BCUT2D eigenvalue weighted by Gasteiger charge is -2.11. The molecular formula is C27H18F4N4O3S2. The van der Waals surface area contributed by atoms with E-state index in [1.807, 2.05) is 6.92 Å². The molecule has 1 saturated heterocycles. The number of azo groups is 1. The molecular weight excluding hydrogens is 568 g/mol. The number of alkyl halides is 3. The number of carbonyl (C=O) groups is 1. The molecule has 0 radical (unpaired) electrons. The molecule has 1 aromatic heterocycles. The fourth-order valence-electron chi connectivity index (χ4n) is 4.11. The minimum Gasteiger partial charge on any atom is -0.506 e. The predicted octanol–water partition coefficient (Wildman–Crippen LogP) is 7.72. The van der Waals surface area contributed by atoms with Gasteiger partial charge in [-0.3, -0.25) is 9.36 Å². The molecule has 1 aliphatic rings. The van der Waals surface area contributed by atoms with Crippen molar-refractivity contribution in [1.29, 1.82) is 0 Å². The van der Waals surface area contributed by atoms with E-state index in [1.165, 1.54) is 24.3 Å². The molecule has 5 rings (SSSR count). The van der Waals surface area contributed by atoms with Crippen LogP contribution in [-0.2, 0) is 11.0 Å². The quantitative estimate of drug-likeness (QED) is 0.0984. The van der Waals surface area contributed by atoms with E-state index in [1.54, 1.807) is 25.1 Å². The number of aromatic hydroxyl groups is 2. The number of phenolic OH excluding ortho intramolecular Hbond substituents is 1. The van der Waals surface area contributed by atoms with Crippen molar-refractivity contribution in [2.75, 3.05) is 0 Å². The second-order valence-electron chi connectivity index (χ2n) is 8.93. The SMILES string of the molecule is Cc1ccc(-n2c(O)c(N=Nc3ccc(C=C4SC(=S)NC4=O)cc3O)c3c(F)cc(C(F)(F)F)cc32)cc1C. The Morgan fingerprint density at radius 3 is 2.40 bits per heavy atom. The fraction of sp³-hybridized carbons (Fsp3) is 0.111. The fourth-order valence-corrected chi connectivity index (χ4v) is 5.15. The smallest absolute Gasteiger partial charge is 0.416 e. The number of thioether (sulfide) groups is 1. The number of hydrogen-bond acceptors (Lipinski definition) is 7. The number of carbonyl (C=O) groups excluding carboxylic acids is 1. The number of thiocarbonyl (C=S) groups is 1. The molecule has 4 aromatic rings. The number of phenols is 1. The summed E-state index contributed by atoms with van der Waals surface area (Å²) in [6.07, 6.45) is -3.33. The Bertz CT molecular complexity index is 1800. The standard InChI is InChI=1S/C27H18F4N4O3S2/c1-12-3-5-16(7-13(12)2)35-19-11-15(27(29,30)31)10-17(28)22(19)23(25(35)38)34-33-18-6-4-14(8-20(18)36)9-21-24(37)32-26(39)40-21/h3-11,36,38H,1-2H3,(H,32,37,39). The Labute approximate surface area is 233 Å². The number of nitrogens with zero attached hydrogens (tertiary/aromatic N) is 3. The average Bonchev–Trinajstić information content (AvgIpc) is 3.34. The minimum absolute atomic E-state index is 0.0694. The van der Waals surface area contributed by atoms with Crippen LogP contribution in [0, 0.1) is 19.7 Å². The van der Waals surface area contributed by atoms with Crippen molar-refractivity contribution >= 4 is 62.6 Å². The maximum Gasteiger partial charge on any atom is 0.416 e. The van der Waals surface area contributed by atoms with Crippen molar-refractivity contribution in [1.82, 2.24) is 9.88 Å². The third kappa shape index (κ3) is 5.05. The highest BCUT2D eigenvalue weighted by molar-refractivity contribution is 8.26. The summed E-state index contributed by atoms with van der Waals surface area (Å²) >= 11 is 6.02. The Balaban J connectivity index is 1.62. The molecule has 7 nitrogen and oxygen atoms in total. The zero-order chi connectivity index (χ0) is 28.9. The summed E-state index contributed by atoms with van der Waals surface area (Å²) in [5, 5.41) is 31.5. The van der Waals surface area contributed by atoms with Crippen LogP contribution in [0.5, 0.6) is 11.6 Å². The summed E-state index contributed by atoms with van der Waals surface area (Å²) in [6, 6.07) is 10.2. The van der Waals surface area contributed by atoms with Crippen molar-refractivity contribution < 1.29 is 32.6 Å². The van der Waals surface area contributed by atoms with E-state index in [0.717, 1.165) is 33.5 Å². The topological polar surface area (TPSA) is 99.2 Å². The van der Waals surface area contributed by atoms with Gasteiger partial charge in [-0.25, -0.2) is 4.39 Å². The maximum absolute atomic E-state index is 15.2. The van der Waals surface area contributed by atoms with Gasteiger partial charge in [-0.1, -0.05) is 36.1 Å². The summed E-state index contributed by atoms with van der Waals surface area (Å²) in [6.45, 7) is 3.64. The van der Waals surface area contributed by atoms with Gasteiger partial charge in [0.05, 0.1) is 21.4 Å². The zero-order valence-corrected chi connectivity index (χ0v) is 22.3. The van der Waals surface area contributed by atoms with Gasteiger partial charge in [0, 0.05) is 5.69 Å². The van der Waals surface area contributed by atoms with Crippen molar-refractivity contribution in [2.45, 2.75) is 20.0 Å². The van der Waals surface area contributed by atoms with E-state index in [4.69, 9.17) is 12.2 Å². The van der Waals surface area contributed by atoms with Gasteiger partial charge in [0.2, 0.25) is 5.88 Å². The molecule has 2 heterocycles. The van der Waals surface area contributed by atoms with E-state index in [0.29, 0.717) is 26.5 Å². The van der Waals surface area contributed by atoms with E-state index in [2.05, 4.69) is 15.5 Å². The van der Waals surface area contributed by atoms with Crippen molar-refractivity contribution in [3.05, 3.63) is 81.5 Å². The molecule has 1 fully saturated rings. The van der Waals surface area contributed by atoms with Crippen molar-refractivity contribution in [2.24, 2.45) is 10.2 Å². The van der Waals surface area contributed by atoms with Gasteiger partial charge in [-0.05, 0) is 73.0 Å². The number of fused-ring (bicyclic) bond motifs is 1. The molecule has 3 N–H and O–H groups in total. The molecule has 204 valence electrons. The van der Waals surface area contributed by atoms with E-state index in [9.17, 15) is 28.2 Å². The number of benzene rings is 3. The van der Waals surface area contributed by atoms with Crippen LogP contribution in [0.2, 0.25) is 0 Å². The number of amides is 1. The van der Waals surface area contributed by atoms with Gasteiger partial charge in [0.15, 0.2) is 5.69 Å². The van der Waals surface area contributed by atoms with Crippen molar-refractivity contribution in [3.8, 4) is 17.3 Å². The summed E-state index contributed by atoms with van der Waals surface area (Å²) in [5.74, 6) is -2.61. The number of rotatable bonds is 4. The number of hydrogen-bond donors (Lipinski definition) is 3. The third-order valence-corrected chi connectivity index (χ3v) is 7.41. The summed E-state index contributed by atoms with van der Waals surface area (Å²) in [4.78, 5) is 12.2. The lowest BCUT2D eigenvalue weighted by Crippen LogP contribution is -2.17. The summed E-state index contributed by atoms with van der Waals surface area (Å²) < 4.78 is 57.1. The largest absolute Gasteiger partial charge is 0.506 e. The first-order valence-corrected chi connectivity index (χ1v) is 12.8. The maximum atomic E-state index is 15.2. The van der Waals surface area contributed by atoms with E-state index in [-0.39, 0.29) is 28.2 Å². The Morgan fingerprint density at radius 1 is 1.02 bits per heavy atom. The molecule has 40 heavy (non-hydrogen) atoms. The van der Waals surface area contributed by atoms with Crippen LogP contribution in [0.1, 0.15) is 22.3 Å². The number of aromatic nitrogens is 1. The zero-order valence-electron chi connectivity index (χ0n) is 20.7. The summed E-state index contributed by atoms with van der Waals surface area (Å²) in [5.41, 5.74) is 0.464. The molecule has 0 aliphatic carbocycles. The molecule has 0 bridgehead atoms. The monoisotopic (exact) mass is 586 g/mol. The molecule has 0 spiro atoms. The van der Waals surface area contributed by atoms with Crippen LogP contribution in [0.25, 0.3) is 22.7 Å². The predicted molar refractivity (Wildman–Crippen MR) is 148 cm³/mol. The second kappa shape index (κ2) is 10.1. The third-order valence-electron chi connectivity index (χ3n) is 6.24. The molecule has 0 saturated carbocycles. The Morgan fingerprint density at radius 2 is 1.77 bits per heavy atom. The molecule has 0 atom stereocenters. The first-order chi connectivity index (χ1) is 18.8. The molecule has 13 heteroatoms. The van der Waals surface area contributed by atoms with Crippen LogP contribution in [0.15, 0.2) is 63.7 Å². The van der Waals surface area contributed by atoms with Crippen LogP contribution in [-0.4, -0.2) is 25.0 Å². The molecule has 3 aromatic carbocycles. The number of halogens is 4. The summed E-state index contributed by atoms with van der Waals surface area (Å²) in [7, 11) is 0. The lowest BCUT2D eigenvalue weighted by atomic mass is 10.1. The normalized spacial score (nSPS) is 15.1. The Hall–Kier alpha value is -4.23. The molecule has 1 amide bonds. The highest BCUT2D eigenvalue weighted by Gasteiger charge is 2.34. The van der Waals surface area contributed by atoms with E-state index < -0.39 is 29.1 Å². The molecule has 1 aliphatic heterocycles. The molecule has 0 unspecified atom stereocenters. The van der Waals surface area contributed by atoms with Gasteiger partial charge < -0.3 is 15.5 Å². The minimum atomic E-state index is -4.84. The van der Waals surface area contributed by atoms with Gasteiger partial charge in [-0.2, -0.15) is 13.2 Å². The van der Waals surface area contributed by atoms with Gasteiger partial charge in [0.25, 0.3) is 5.91 Å². The van der Waals surface area contributed by atoms with Gasteiger partial charge in [0.1, 0.15) is 21.6 Å². The average molecular weight is 587 g/mol.